The van der Waals surface area contributed by atoms with Gasteiger partial charge in [-0.3, -0.25) is 11.3 Å². The highest BCUT2D eigenvalue weighted by Crippen LogP contribution is 2.19. The predicted octanol–water partition coefficient (Wildman–Crippen LogP) is 4.31. The van der Waals surface area contributed by atoms with E-state index < -0.39 is 0 Å². The number of unbranched alkanes of at least 4 members (excludes halogenated alkanes) is 7. The van der Waals surface area contributed by atoms with Crippen molar-refractivity contribution in [3.63, 3.8) is 0 Å². The third-order valence-electron chi connectivity index (χ3n) is 4.50. The first-order valence-corrected chi connectivity index (χ1v) is 8.94. The summed E-state index contributed by atoms with van der Waals surface area (Å²) in [5, 5.41) is 0. The molecular weight excluding hydrogens is 248 g/mol. The quantitative estimate of drug-likeness (QED) is 0.301. The smallest absolute Gasteiger partial charge is 0.0576 e. The standard InChI is InChI=1S/C17H36N2O/c1-2-3-4-5-6-7-8-9-11-16(19-18)13-14-17-12-10-15-20-17/h16-17,19H,2-15,18H2,1H3. The molecule has 20 heavy (non-hydrogen) atoms. The third kappa shape index (κ3) is 8.93. The highest BCUT2D eigenvalue weighted by Gasteiger charge is 2.17. The van der Waals surface area contributed by atoms with E-state index in [0.717, 1.165) is 13.0 Å². The molecule has 2 unspecified atom stereocenters. The Labute approximate surface area is 126 Å². The molecule has 3 heteroatoms. The van der Waals surface area contributed by atoms with Gasteiger partial charge in [0.15, 0.2) is 0 Å². The van der Waals surface area contributed by atoms with E-state index in [1.807, 2.05) is 0 Å². The van der Waals surface area contributed by atoms with E-state index in [9.17, 15) is 0 Å². The Morgan fingerprint density at radius 3 is 2.35 bits per heavy atom. The normalized spacial score (nSPS) is 20.4. The molecule has 120 valence electrons. The van der Waals surface area contributed by atoms with E-state index in [4.69, 9.17) is 10.6 Å². The van der Waals surface area contributed by atoms with Crippen molar-refractivity contribution in [1.29, 1.82) is 0 Å². The molecular formula is C17H36N2O. The molecule has 0 saturated carbocycles. The summed E-state index contributed by atoms with van der Waals surface area (Å²) >= 11 is 0. The monoisotopic (exact) mass is 284 g/mol. The summed E-state index contributed by atoms with van der Waals surface area (Å²) in [6.45, 7) is 3.24. The van der Waals surface area contributed by atoms with E-state index >= 15 is 0 Å². The van der Waals surface area contributed by atoms with Gasteiger partial charge < -0.3 is 4.74 Å². The fourth-order valence-electron chi connectivity index (χ4n) is 3.09. The van der Waals surface area contributed by atoms with Gasteiger partial charge in [0.25, 0.3) is 0 Å². The van der Waals surface area contributed by atoms with E-state index in [1.54, 1.807) is 0 Å². The zero-order chi connectivity index (χ0) is 14.5. The van der Waals surface area contributed by atoms with Gasteiger partial charge in [-0.15, -0.1) is 0 Å². The number of nitrogens with one attached hydrogen (secondary N) is 1. The van der Waals surface area contributed by atoms with E-state index in [-0.39, 0.29) is 0 Å². The van der Waals surface area contributed by atoms with Crippen molar-refractivity contribution in [2.75, 3.05) is 6.61 Å². The van der Waals surface area contributed by atoms with Gasteiger partial charge in [0.2, 0.25) is 0 Å². The fraction of sp³-hybridized carbons (Fsp3) is 1.00. The lowest BCUT2D eigenvalue weighted by Crippen LogP contribution is -2.35. The predicted molar refractivity (Wildman–Crippen MR) is 86.5 cm³/mol. The van der Waals surface area contributed by atoms with Crippen LogP contribution in [0.2, 0.25) is 0 Å². The van der Waals surface area contributed by atoms with Gasteiger partial charge in [-0.25, -0.2) is 0 Å². The number of hydrogen-bond donors (Lipinski definition) is 2. The maximum atomic E-state index is 5.67. The topological polar surface area (TPSA) is 47.3 Å². The van der Waals surface area contributed by atoms with Crippen LogP contribution in [0.5, 0.6) is 0 Å². The highest BCUT2D eigenvalue weighted by molar-refractivity contribution is 4.70. The molecule has 3 nitrogen and oxygen atoms in total. The maximum absolute atomic E-state index is 5.67. The highest BCUT2D eigenvalue weighted by atomic mass is 16.5. The Bertz CT molecular complexity index is 205. The van der Waals surface area contributed by atoms with E-state index in [2.05, 4.69) is 12.3 Å². The minimum absolute atomic E-state index is 0.485. The molecule has 0 aromatic heterocycles. The van der Waals surface area contributed by atoms with Crippen LogP contribution in [0, 0.1) is 0 Å². The van der Waals surface area contributed by atoms with Crippen LogP contribution in [0.15, 0.2) is 0 Å². The number of rotatable bonds is 13. The lowest BCUT2D eigenvalue weighted by molar-refractivity contribution is 0.0992. The van der Waals surface area contributed by atoms with Gasteiger partial charge >= 0.3 is 0 Å². The zero-order valence-corrected chi connectivity index (χ0v) is 13.5. The van der Waals surface area contributed by atoms with Gasteiger partial charge in [0, 0.05) is 12.6 Å². The molecule has 0 amide bonds. The average Bonchev–Trinajstić information content (AvgIpc) is 2.98. The third-order valence-corrected chi connectivity index (χ3v) is 4.50. The van der Waals surface area contributed by atoms with Crippen molar-refractivity contribution < 1.29 is 4.74 Å². The number of hydrazine groups is 1. The van der Waals surface area contributed by atoms with Gasteiger partial charge in [-0.1, -0.05) is 58.3 Å². The van der Waals surface area contributed by atoms with Crippen LogP contribution in [0.3, 0.4) is 0 Å². The van der Waals surface area contributed by atoms with Crippen molar-refractivity contribution in [1.82, 2.24) is 5.43 Å². The Balaban J connectivity index is 1.89. The zero-order valence-electron chi connectivity index (χ0n) is 13.5. The second kappa shape index (κ2) is 12.6. The molecule has 1 saturated heterocycles. The van der Waals surface area contributed by atoms with Crippen molar-refractivity contribution in [2.24, 2.45) is 5.84 Å². The summed E-state index contributed by atoms with van der Waals surface area (Å²) in [6, 6.07) is 0.485. The summed E-state index contributed by atoms with van der Waals surface area (Å²) in [6.07, 6.45) is 17.6. The number of ether oxygens (including phenoxy) is 1. The van der Waals surface area contributed by atoms with Crippen molar-refractivity contribution in [2.45, 2.75) is 103 Å². The summed E-state index contributed by atoms with van der Waals surface area (Å²) in [5.74, 6) is 5.66. The first-order chi connectivity index (χ1) is 9.86. The molecule has 0 bridgehead atoms. The minimum Gasteiger partial charge on any atom is -0.378 e. The molecule has 2 atom stereocenters. The van der Waals surface area contributed by atoms with Gasteiger partial charge in [-0.2, -0.15) is 0 Å². The Kier molecular flexibility index (Phi) is 11.3. The SMILES string of the molecule is CCCCCCCCCCC(CCC1CCCO1)NN. The molecule has 3 N–H and O–H groups in total. The summed E-state index contributed by atoms with van der Waals surface area (Å²) in [4.78, 5) is 0. The van der Waals surface area contributed by atoms with E-state index in [0.29, 0.717) is 12.1 Å². The number of nitrogens with two attached hydrogens (primary N) is 1. The van der Waals surface area contributed by atoms with Gasteiger partial charge in [0.1, 0.15) is 0 Å². The molecule has 0 radical (unpaired) electrons. The van der Waals surface area contributed by atoms with Crippen LogP contribution in [-0.4, -0.2) is 18.8 Å². The molecule has 1 fully saturated rings. The maximum Gasteiger partial charge on any atom is 0.0576 e. The van der Waals surface area contributed by atoms with E-state index in [1.165, 1.54) is 77.0 Å². The lowest BCUT2D eigenvalue weighted by atomic mass is 10.00. The molecule has 0 aromatic rings. The van der Waals surface area contributed by atoms with Crippen LogP contribution in [0.25, 0.3) is 0 Å². The van der Waals surface area contributed by atoms with Crippen molar-refractivity contribution in [3.05, 3.63) is 0 Å². The fourth-order valence-corrected chi connectivity index (χ4v) is 3.09. The van der Waals surface area contributed by atoms with Gasteiger partial charge in [-0.05, 0) is 32.1 Å². The van der Waals surface area contributed by atoms with Crippen molar-refractivity contribution in [3.8, 4) is 0 Å². The summed E-state index contributed by atoms with van der Waals surface area (Å²) in [7, 11) is 0. The Morgan fingerprint density at radius 2 is 1.75 bits per heavy atom. The largest absolute Gasteiger partial charge is 0.378 e. The first-order valence-electron chi connectivity index (χ1n) is 8.94. The molecule has 1 aliphatic heterocycles. The Hall–Kier alpha value is -0.120. The second-order valence-corrected chi connectivity index (χ2v) is 6.34. The van der Waals surface area contributed by atoms with Crippen LogP contribution >= 0.6 is 0 Å². The molecule has 0 spiro atoms. The van der Waals surface area contributed by atoms with Crippen LogP contribution in [0.1, 0.15) is 90.4 Å². The van der Waals surface area contributed by atoms with Crippen LogP contribution in [0.4, 0.5) is 0 Å². The molecule has 0 aliphatic carbocycles. The average molecular weight is 284 g/mol. The molecule has 1 aliphatic rings. The van der Waals surface area contributed by atoms with Crippen LogP contribution < -0.4 is 11.3 Å². The summed E-state index contributed by atoms with van der Waals surface area (Å²) in [5.41, 5.74) is 2.99. The Morgan fingerprint density at radius 1 is 1.05 bits per heavy atom. The summed E-state index contributed by atoms with van der Waals surface area (Å²) < 4.78 is 5.67. The minimum atomic E-state index is 0.485. The van der Waals surface area contributed by atoms with Gasteiger partial charge in [0.05, 0.1) is 6.10 Å². The first kappa shape index (κ1) is 17.9. The number of hydrogen-bond acceptors (Lipinski definition) is 3. The van der Waals surface area contributed by atoms with Crippen molar-refractivity contribution >= 4 is 0 Å². The molecule has 1 rings (SSSR count). The second-order valence-electron chi connectivity index (χ2n) is 6.34. The lowest BCUT2D eigenvalue weighted by Gasteiger charge is -2.17. The molecule has 1 heterocycles. The van der Waals surface area contributed by atoms with Crippen LogP contribution in [-0.2, 0) is 4.74 Å². The molecule has 0 aromatic carbocycles.